The SMILES string of the molecule is CCC(C#N)S(=O)(=O)NCC(C)CSC. The zero-order valence-electron chi connectivity index (χ0n) is 9.36. The first-order valence-corrected chi connectivity index (χ1v) is 7.79. The van der Waals surface area contributed by atoms with E-state index in [1.807, 2.05) is 13.2 Å². The van der Waals surface area contributed by atoms with Crippen LogP contribution in [0, 0.1) is 17.2 Å². The summed E-state index contributed by atoms with van der Waals surface area (Å²) in [5.74, 6) is 1.19. The molecule has 0 fully saturated rings. The van der Waals surface area contributed by atoms with Gasteiger partial charge in [-0.2, -0.15) is 17.0 Å². The molecule has 0 heterocycles. The molecule has 0 aromatic heterocycles. The van der Waals surface area contributed by atoms with Crippen molar-refractivity contribution in [2.75, 3.05) is 18.6 Å². The number of thioether (sulfide) groups is 1. The molecule has 1 N–H and O–H groups in total. The van der Waals surface area contributed by atoms with E-state index in [0.717, 1.165) is 5.75 Å². The lowest BCUT2D eigenvalue weighted by molar-refractivity contribution is 0.555. The molecule has 15 heavy (non-hydrogen) atoms. The summed E-state index contributed by atoms with van der Waals surface area (Å²) in [4.78, 5) is 0. The average molecular weight is 250 g/mol. The lowest BCUT2D eigenvalue weighted by Gasteiger charge is -2.13. The molecule has 0 saturated heterocycles. The van der Waals surface area contributed by atoms with Crippen molar-refractivity contribution in [2.45, 2.75) is 25.5 Å². The number of hydrogen-bond donors (Lipinski definition) is 1. The van der Waals surface area contributed by atoms with Gasteiger partial charge in [0, 0.05) is 6.54 Å². The third-order valence-corrected chi connectivity index (χ3v) is 4.63. The number of rotatable bonds is 7. The first kappa shape index (κ1) is 14.8. The largest absolute Gasteiger partial charge is 0.227 e. The van der Waals surface area contributed by atoms with Gasteiger partial charge in [0.25, 0.3) is 0 Å². The Morgan fingerprint density at radius 2 is 2.13 bits per heavy atom. The van der Waals surface area contributed by atoms with Gasteiger partial charge in [-0.05, 0) is 24.3 Å². The predicted octanol–water partition coefficient (Wildman–Crippen LogP) is 1.21. The van der Waals surface area contributed by atoms with Crippen LogP contribution >= 0.6 is 11.8 Å². The van der Waals surface area contributed by atoms with E-state index >= 15 is 0 Å². The Morgan fingerprint density at radius 1 is 1.53 bits per heavy atom. The highest BCUT2D eigenvalue weighted by atomic mass is 32.2. The molecule has 0 radical (unpaired) electrons. The third-order valence-electron chi connectivity index (χ3n) is 1.97. The molecule has 0 bridgehead atoms. The number of sulfonamides is 1. The van der Waals surface area contributed by atoms with Gasteiger partial charge >= 0.3 is 0 Å². The van der Waals surface area contributed by atoms with Gasteiger partial charge < -0.3 is 0 Å². The number of nitrogens with zero attached hydrogens (tertiary/aromatic N) is 1. The molecule has 2 unspecified atom stereocenters. The van der Waals surface area contributed by atoms with E-state index in [9.17, 15) is 8.42 Å². The Kier molecular flexibility index (Phi) is 6.98. The summed E-state index contributed by atoms with van der Waals surface area (Å²) in [6, 6.07) is 1.79. The molecular formula is C9H18N2O2S2. The van der Waals surface area contributed by atoms with E-state index in [1.54, 1.807) is 24.8 Å². The Morgan fingerprint density at radius 3 is 2.53 bits per heavy atom. The van der Waals surface area contributed by atoms with Crippen molar-refractivity contribution in [3.8, 4) is 6.07 Å². The molecule has 4 nitrogen and oxygen atoms in total. The Labute approximate surface area is 96.5 Å². The van der Waals surface area contributed by atoms with Crippen molar-refractivity contribution < 1.29 is 8.42 Å². The minimum Gasteiger partial charge on any atom is -0.214 e. The fourth-order valence-electron chi connectivity index (χ4n) is 1.08. The Balaban J connectivity index is 4.22. The molecule has 0 spiro atoms. The Bertz CT molecular complexity index is 309. The quantitative estimate of drug-likeness (QED) is 0.737. The average Bonchev–Trinajstić information content (AvgIpc) is 2.17. The fourth-order valence-corrected chi connectivity index (χ4v) is 3.07. The summed E-state index contributed by atoms with van der Waals surface area (Å²) in [5, 5.41) is 7.73. The maximum Gasteiger partial charge on any atom is 0.227 e. The molecule has 0 aliphatic rings. The van der Waals surface area contributed by atoms with Crippen molar-refractivity contribution in [3.63, 3.8) is 0 Å². The molecule has 0 aliphatic carbocycles. The number of nitrogens with one attached hydrogen (secondary N) is 1. The zero-order valence-corrected chi connectivity index (χ0v) is 11.0. The molecule has 0 aliphatic heterocycles. The second-order valence-electron chi connectivity index (χ2n) is 3.48. The molecule has 0 rings (SSSR count). The summed E-state index contributed by atoms with van der Waals surface area (Å²) in [6.45, 7) is 4.08. The highest BCUT2D eigenvalue weighted by Gasteiger charge is 2.23. The summed E-state index contributed by atoms with van der Waals surface area (Å²) in [7, 11) is -3.46. The van der Waals surface area contributed by atoms with Crippen LogP contribution in [-0.4, -0.2) is 32.2 Å². The minimum absolute atomic E-state index is 0.283. The van der Waals surface area contributed by atoms with Gasteiger partial charge in [-0.25, -0.2) is 13.1 Å². The third kappa shape index (κ3) is 5.40. The maximum atomic E-state index is 11.6. The van der Waals surface area contributed by atoms with Gasteiger partial charge in [-0.1, -0.05) is 13.8 Å². The van der Waals surface area contributed by atoms with Crippen LogP contribution in [0.1, 0.15) is 20.3 Å². The van der Waals surface area contributed by atoms with Gasteiger partial charge in [0.2, 0.25) is 10.0 Å². The first-order valence-electron chi connectivity index (χ1n) is 4.85. The normalized spacial score (nSPS) is 15.6. The number of hydrogen-bond acceptors (Lipinski definition) is 4. The lowest BCUT2D eigenvalue weighted by atomic mass is 10.2. The highest BCUT2D eigenvalue weighted by Crippen LogP contribution is 2.06. The molecule has 0 saturated carbocycles. The van der Waals surface area contributed by atoms with Crippen LogP contribution in [0.4, 0.5) is 0 Å². The minimum atomic E-state index is -3.46. The smallest absolute Gasteiger partial charge is 0.214 e. The van der Waals surface area contributed by atoms with E-state index in [0.29, 0.717) is 13.0 Å². The first-order chi connectivity index (χ1) is 6.97. The van der Waals surface area contributed by atoms with E-state index in [1.165, 1.54) is 0 Å². The van der Waals surface area contributed by atoms with Crippen LogP contribution in [0.25, 0.3) is 0 Å². The molecular weight excluding hydrogens is 232 g/mol. The maximum absolute atomic E-state index is 11.6. The molecule has 0 amide bonds. The monoisotopic (exact) mass is 250 g/mol. The van der Waals surface area contributed by atoms with Crippen molar-refractivity contribution in [1.82, 2.24) is 4.72 Å². The van der Waals surface area contributed by atoms with Crippen molar-refractivity contribution >= 4 is 21.8 Å². The van der Waals surface area contributed by atoms with Gasteiger partial charge in [0.05, 0.1) is 6.07 Å². The van der Waals surface area contributed by atoms with Gasteiger partial charge in [0.15, 0.2) is 5.25 Å². The van der Waals surface area contributed by atoms with Crippen molar-refractivity contribution in [2.24, 2.45) is 5.92 Å². The van der Waals surface area contributed by atoms with Crippen LogP contribution in [-0.2, 0) is 10.0 Å². The van der Waals surface area contributed by atoms with Crippen LogP contribution in [0.3, 0.4) is 0 Å². The summed E-state index contributed by atoms with van der Waals surface area (Å²) in [5.41, 5.74) is 0. The second-order valence-corrected chi connectivity index (χ2v) is 6.34. The van der Waals surface area contributed by atoms with E-state index in [2.05, 4.69) is 4.72 Å². The van der Waals surface area contributed by atoms with Crippen LogP contribution in [0.5, 0.6) is 0 Å². The van der Waals surface area contributed by atoms with Crippen LogP contribution < -0.4 is 4.72 Å². The summed E-state index contributed by atoms with van der Waals surface area (Å²) in [6.07, 6.45) is 2.30. The second kappa shape index (κ2) is 7.09. The number of nitriles is 1. The molecule has 0 aromatic rings. The Hall–Kier alpha value is -0.250. The van der Waals surface area contributed by atoms with Gasteiger partial charge in [-0.15, -0.1) is 0 Å². The van der Waals surface area contributed by atoms with E-state index < -0.39 is 15.3 Å². The summed E-state index contributed by atoms with van der Waals surface area (Å²) >= 11 is 1.68. The molecule has 0 aromatic carbocycles. The fraction of sp³-hybridized carbons (Fsp3) is 0.889. The van der Waals surface area contributed by atoms with E-state index in [4.69, 9.17) is 5.26 Å². The molecule has 6 heteroatoms. The predicted molar refractivity (Wildman–Crippen MR) is 64.2 cm³/mol. The van der Waals surface area contributed by atoms with Crippen LogP contribution in [0.2, 0.25) is 0 Å². The lowest BCUT2D eigenvalue weighted by Crippen LogP contribution is -2.36. The summed E-state index contributed by atoms with van der Waals surface area (Å²) < 4.78 is 25.6. The van der Waals surface area contributed by atoms with E-state index in [-0.39, 0.29) is 5.92 Å². The standard InChI is InChI=1S/C9H18N2O2S2/c1-4-9(5-10)15(12,13)11-6-8(2)7-14-3/h8-9,11H,4,6-7H2,1-3H3. The zero-order chi connectivity index (χ0) is 11.9. The van der Waals surface area contributed by atoms with Gasteiger partial charge in [-0.3, -0.25) is 0 Å². The van der Waals surface area contributed by atoms with Crippen molar-refractivity contribution in [1.29, 1.82) is 5.26 Å². The molecule has 2 atom stereocenters. The highest BCUT2D eigenvalue weighted by molar-refractivity contribution is 7.98. The van der Waals surface area contributed by atoms with Crippen molar-refractivity contribution in [3.05, 3.63) is 0 Å². The van der Waals surface area contributed by atoms with Crippen LogP contribution in [0.15, 0.2) is 0 Å². The topological polar surface area (TPSA) is 70.0 Å². The molecule has 88 valence electrons. The van der Waals surface area contributed by atoms with Gasteiger partial charge in [0.1, 0.15) is 0 Å².